The van der Waals surface area contributed by atoms with Crippen LogP contribution in [0.5, 0.6) is 0 Å². The molecule has 0 aromatic rings. The van der Waals surface area contributed by atoms with Crippen LogP contribution < -0.4 is 0 Å². The van der Waals surface area contributed by atoms with Crippen molar-refractivity contribution >= 4 is 0 Å². The molecule has 0 bridgehead atoms. The van der Waals surface area contributed by atoms with Crippen molar-refractivity contribution < 1.29 is 19.3 Å². The maximum atomic E-state index is 9.43. The van der Waals surface area contributed by atoms with Gasteiger partial charge in [-0.2, -0.15) is 0 Å². The van der Waals surface area contributed by atoms with E-state index in [2.05, 4.69) is 0 Å². The third kappa shape index (κ3) is 2.20. The Morgan fingerprint density at radius 2 is 2.42 bits per heavy atom. The zero-order chi connectivity index (χ0) is 8.97. The van der Waals surface area contributed by atoms with Gasteiger partial charge >= 0.3 is 0 Å². The van der Waals surface area contributed by atoms with E-state index >= 15 is 0 Å². The van der Waals surface area contributed by atoms with Gasteiger partial charge in [0.15, 0.2) is 0 Å². The third-order valence-corrected chi connectivity index (χ3v) is 1.76. The van der Waals surface area contributed by atoms with Gasteiger partial charge in [0, 0.05) is 14.2 Å². The Kier molecular flexibility index (Phi) is 3.52. The number of ether oxygens (including phenoxy) is 3. The zero-order valence-corrected chi connectivity index (χ0v) is 7.32. The van der Waals surface area contributed by atoms with Crippen LogP contribution >= 0.6 is 0 Å². The summed E-state index contributed by atoms with van der Waals surface area (Å²) in [6.07, 6.45) is 0.765. The molecule has 0 aromatic carbocycles. The van der Waals surface area contributed by atoms with E-state index in [0.29, 0.717) is 19.0 Å². The summed E-state index contributed by atoms with van der Waals surface area (Å²) in [6.45, 7) is 0.778. The normalized spacial score (nSPS) is 29.4. The van der Waals surface area contributed by atoms with Gasteiger partial charge in [-0.15, -0.1) is 0 Å². The molecule has 0 radical (unpaired) electrons. The molecular weight excluding hydrogens is 160 g/mol. The Bertz CT molecular complexity index is 166. The zero-order valence-electron chi connectivity index (χ0n) is 7.32. The van der Waals surface area contributed by atoms with Crippen LogP contribution in [0.25, 0.3) is 0 Å². The molecule has 1 heterocycles. The molecule has 0 aliphatic carbocycles. The molecule has 12 heavy (non-hydrogen) atoms. The van der Waals surface area contributed by atoms with Gasteiger partial charge in [0.05, 0.1) is 0 Å². The average molecular weight is 174 g/mol. The lowest BCUT2D eigenvalue weighted by Gasteiger charge is -2.25. The van der Waals surface area contributed by atoms with Crippen LogP contribution in [-0.2, 0) is 14.2 Å². The fourth-order valence-corrected chi connectivity index (χ4v) is 1.07. The van der Waals surface area contributed by atoms with E-state index in [-0.39, 0.29) is 6.10 Å². The topological polar surface area (TPSA) is 47.9 Å². The summed E-state index contributed by atoms with van der Waals surface area (Å²) in [4.78, 5) is 0. The van der Waals surface area contributed by atoms with Gasteiger partial charge in [-0.1, -0.05) is 0 Å². The van der Waals surface area contributed by atoms with Crippen molar-refractivity contribution in [1.82, 2.24) is 0 Å². The summed E-state index contributed by atoms with van der Waals surface area (Å²) in [5.74, 6) is 0.665. The maximum Gasteiger partial charge on any atom is 0.121 e. The molecule has 0 saturated heterocycles. The molecular formula is C8H14O4. The van der Waals surface area contributed by atoms with Crippen molar-refractivity contribution in [2.75, 3.05) is 27.4 Å². The SMILES string of the molecule is COCC1=CC(O)C(OC)CO1. The summed E-state index contributed by atoms with van der Waals surface area (Å²) >= 11 is 0. The first-order chi connectivity index (χ1) is 5.77. The van der Waals surface area contributed by atoms with E-state index in [0.717, 1.165) is 0 Å². The van der Waals surface area contributed by atoms with E-state index in [1.165, 1.54) is 0 Å². The molecule has 1 aliphatic heterocycles. The van der Waals surface area contributed by atoms with E-state index in [9.17, 15) is 5.11 Å². The lowest BCUT2D eigenvalue weighted by molar-refractivity contribution is -0.0513. The highest BCUT2D eigenvalue weighted by molar-refractivity contribution is 5.04. The first kappa shape index (κ1) is 9.51. The van der Waals surface area contributed by atoms with Crippen LogP contribution in [0.4, 0.5) is 0 Å². The molecule has 0 spiro atoms. The number of hydrogen-bond acceptors (Lipinski definition) is 4. The molecule has 4 nitrogen and oxygen atoms in total. The highest BCUT2D eigenvalue weighted by atomic mass is 16.6. The molecule has 0 saturated carbocycles. The molecule has 2 atom stereocenters. The largest absolute Gasteiger partial charge is 0.493 e. The molecule has 1 rings (SSSR count). The molecule has 1 aliphatic rings. The standard InChI is InChI=1S/C8H14O4/c1-10-4-6-3-7(9)8(11-2)5-12-6/h3,7-9H,4-5H2,1-2H3. The Hall–Kier alpha value is -0.580. The highest BCUT2D eigenvalue weighted by Gasteiger charge is 2.23. The molecule has 1 N–H and O–H groups in total. The summed E-state index contributed by atoms with van der Waals surface area (Å²) in [5, 5.41) is 9.43. The quantitative estimate of drug-likeness (QED) is 0.650. The van der Waals surface area contributed by atoms with Gasteiger partial charge in [0.25, 0.3) is 0 Å². The van der Waals surface area contributed by atoms with E-state index in [1.54, 1.807) is 20.3 Å². The van der Waals surface area contributed by atoms with Crippen molar-refractivity contribution in [2.45, 2.75) is 12.2 Å². The Morgan fingerprint density at radius 3 is 2.92 bits per heavy atom. The van der Waals surface area contributed by atoms with Gasteiger partial charge < -0.3 is 19.3 Å². The fourth-order valence-electron chi connectivity index (χ4n) is 1.07. The first-order valence-electron chi connectivity index (χ1n) is 3.81. The number of hydrogen-bond donors (Lipinski definition) is 1. The molecule has 0 aromatic heterocycles. The molecule has 4 heteroatoms. The van der Waals surface area contributed by atoms with Gasteiger partial charge in [0.1, 0.15) is 31.2 Å². The minimum atomic E-state index is -0.589. The van der Waals surface area contributed by atoms with Crippen LogP contribution in [0.15, 0.2) is 11.8 Å². The lowest BCUT2D eigenvalue weighted by atomic mass is 10.1. The highest BCUT2D eigenvalue weighted by Crippen LogP contribution is 2.13. The van der Waals surface area contributed by atoms with E-state index < -0.39 is 6.10 Å². The summed E-state index contributed by atoms with van der Waals surface area (Å²) < 4.78 is 15.1. The van der Waals surface area contributed by atoms with Gasteiger partial charge in [-0.3, -0.25) is 0 Å². The minimum Gasteiger partial charge on any atom is -0.493 e. The van der Waals surface area contributed by atoms with Crippen molar-refractivity contribution in [3.05, 3.63) is 11.8 Å². The van der Waals surface area contributed by atoms with Crippen molar-refractivity contribution in [1.29, 1.82) is 0 Å². The Labute approximate surface area is 71.7 Å². The summed E-state index contributed by atoms with van der Waals surface area (Å²) in [5.41, 5.74) is 0. The smallest absolute Gasteiger partial charge is 0.121 e. The number of methoxy groups -OCH3 is 2. The van der Waals surface area contributed by atoms with Crippen molar-refractivity contribution in [2.24, 2.45) is 0 Å². The minimum absolute atomic E-state index is 0.259. The Morgan fingerprint density at radius 1 is 1.67 bits per heavy atom. The molecule has 0 amide bonds. The predicted octanol–water partition coefficient (Wildman–Crippen LogP) is -0.0772. The molecule has 0 fully saturated rings. The first-order valence-corrected chi connectivity index (χ1v) is 3.81. The second kappa shape index (κ2) is 4.45. The molecule has 70 valence electrons. The summed E-state index contributed by atoms with van der Waals surface area (Å²) in [7, 11) is 3.13. The predicted molar refractivity (Wildman–Crippen MR) is 42.7 cm³/mol. The van der Waals surface area contributed by atoms with Crippen LogP contribution in [-0.4, -0.2) is 44.7 Å². The number of aliphatic hydroxyl groups is 1. The van der Waals surface area contributed by atoms with Crippen molar-refractivity contribution in [3.63, 3.8) is 0 Å². The summed E-state index contributed by atoms with van der Waals surface area (Å²) in [6, 6.07) is 0. The maximum absolute atomic E-state index is 9.43. The van der Waals surface area contributed by atoms with Gasteiger partial charge in [0.2, 0.25) is 0 Å². The van der Waals surface area contributed by atoms with Crippen molar-refractivity contribution in [3.8, 4) is 0 Å². The number of rotatable bonds is 3. The lowest BCUT2D eigenvalue weighted by Crippen LogP contribution is -2.35. The second-order valence-corrected chi connectivity index (χ2v) is 2.64. The van der Waals surface area contributed by atoms with Crippen LogP contribution in [0.2, 0.25) is 0 Å². The van der Waals surface area contributed by atoms with Gasteiger partial charge in [-0.25, -0.2) is 0 Å². The third-order valence-electron chi connectivity index (χ3n) is 1.76. The van der Waals surface area contributed by atoms with Crippen LogP contribution in [0.1, 0.15) is 0 Å². The fraction of sp³-hybridized carbons (Fsp3) is 0.750. The number of aliphatic hydroxyl groups excluding tert-OH is 1. The van der Waals surface area contributed by atoms with Crippen LogP contribution in [0.3, 0.4) is 0 Å². The van der Waals surface area contributed by atoms with Crippen LogP contribution in [0, 0.1) is 0 Å². The monoisotopic (exact) mass is 174 g/mol. The van der Waals surface area contributed by atoms with E-state index in [1.807, 2.05) is 0 Å². The van der Waals surface area contributed by atoms with Gasteiger partial charge in [-0.05, 0) is 6.08 Å². The second-order valence-electron chi connectivity index (χ2n) is 2.64. The van der Waals surface area contributed by atoms with E-state index in [4.69, 9.17) is 14.2 Å². The average Bonchev–Trinajstić information content (AvgIpc) is 2.05. The Balaban J connectivity index is 2.49. The molecule has 2 unspecified atom stereocenters.